The highest BCUT2D eigenvalue weighted by Crippen LogP contribution is 2.23. The zero-order valence-corrected chi connectivity index (χ0v) is 17.9. The zero-order valence-electron chi connectivity index (χ0n) is 15.6. The molecular weight excluding hydrogens is 417 g/mol. The first kappa shape index (κ1) is 20.9. The minimum atomic E-state index is -3.51. The monoisotopic (exact) mass is 437 g/mol. The van der Waals surface area contributed by atoms with E-state index in [2.05, 4.69) is 9.82 Å². The number of hydrogen-bond acceptors (Lipinski definition) is 3. The van der Waals surface area contributed by atoms with Gasteiger partial charge in [0.05, 0.1) is 28.0 Å². The van der Waals surface area contributed by atoms with Crippen LogP contribution >= 0.6 is 23.2 Å². The lowest BCUT2D eigenvalue weighted by Gasteiger charge is -2.10. The molecule has 0 saturated carbocycles. The van der Waals surface area contributed by atoms with E-state index >= 15 is 0 Å². The molecule has 28 heavy (non-hydrogen) atoms. The van der Waals surface area contributed by atoms with Crippen LogP contribution in [0.2, 0.25) is 10.0 Å². The highest BCUT2D eigenvalue weighted by molar-refractivity contribution is 7.88. The van der Waals surface area contributed by atoms with Gasteiger partial charge in [-0.3, -0.25) is 4.68 Å². The Morgan fingerprint density at radius 3 is 2.39 bits per heavy atom. The molecule has 0 aliphatic carbocycles. The van der Waals surface area contributed by atoms with E-state index in [0.29, 0.717) is 22.2 Å². The molecule has 2 aromatic carbocycles. The van der Waals surface area contributed by atoms with Crippen LogP contribution in [0.5, 0.6) is 0 Å². The summed E-state index contributed by atoms with van der Waals surface area (Å²) < 4.78 is 29.4. The van der Waals surface area contributed by atoms with E-state index in [0.717, 1.165) is 22.5 Å². The normalized spacial score (nSPS) is 11.7. The molecule has 3 rings (SSSR count). The molecule has 8 heteroatoms. The molecule has 3 aromatic rings. The fourth-order valence-electron chi connectivity index (χ4n) is 2.94. The molecule has 0 amide bonds. The molecule has 0 fully saturated rings. The van der Waals surface area contributed by atoms with Gasteiger partial charge in [-0.2, -0.15) is 5.10 Å². The van der Waals surface area contributed by atoms with Crippen LogP contribution in [-0.4, -0.2) is 18.2 Å². The van der Waals surface area contributed by atoms with Crippen molar-refractivity contribution in [1.82, 2.24) is 14.5 Å². The SMILES string of the molecule is Cc1cc(C)n(Cc2cccc(CNS(=O)(=O)Cc3ccc(Cl)c(Cl)c3)c2)n1. The van der Waals surface area contributed by atoms with Crippen molar-refractivity contribution in [1.29, 1.82) is 0 Å². The van der Waals surface area contributed by atoms with Gasteiger partial charge in [0.15, 0.2) is 0 Å². The first-order chi connectivity index (χ1) is 13.2. The van der Waals surface area contributed by atoms with E-state index in [-0.39, 0.29) is 12.3 Å². The third-order valence-corrected chi connectivity index (χ3v) is 6.30. The lowest BCUT2D eigenvalue weighted by atomic mass is 10.1. The summed E-state index contributed by atoms with van der Waals surface area (Å²) in [6, 6.07) is 14.6. The third-order valence-electron chi connectivity index (χ3n) is 4.26. The number of benzene rings is 2. The summed E-state index contributed by atoms with van der Waals surface area (Å²) in [4.78, 5) is 0. The molecule has 0 unspecified atom stereocenters. The van der Waals surface area contributed by atoms with Crippen molar-refractivity contribution in [2.24, 2.45) is 0 Å². The number of sulfonamides is 1. The molecule has 0 saturated heterocycles. The quantitative estimate of drug-likeness (QED) is 0.592. The van der Waals surface area contributed by atoms with Crippen LogP contribution in [0.1, 0.15) is 28.1 Å². The smallest absolute Gasteiger partial charge is 0.216 e. The van der Waals surface area contributed by atoms with Crippen LogP contribution in [0, 0.1) is 13.8 Å². The van der Waals surface area contributed by atoms with Crippen LogP contribution < -0.4 is 4.72 Å². The van der Waals surface area contributed by atoms with E-state index in [9.17, 15) is 8.42 Å². The summed E-state index contributed by atoms with van der Waals surface area (Å²) in [7, 11) is -3.51. The number of halogens is 2. The fourth-order valence-corrected chi connectivity index (χ4v) is 4.37. The lowest BCUT2D eigenvalue weighted by molar-refractivity contribution is 0.580. The van der Waals surface area contributed by atoms with E-state index in [1.54, 1.807) is 18.2 Å². The number of aryl methyl sites for hydroxylation is 2. The Labute approximate surface area is 175 Å². The minimum Gasteiger partial charge on any atom is -0.265 e. The summed E-state index contributed by atoms with van der Waals surface area (Å²) in [6.07, 6.45) is 0. The van der Waals surface area contributed by atoms with Crippen molar-refractivity contribution in [2.75, 3.05) is 0 Å². The Bertz CT molecular complexity index is 1090. The van der Waals surface area contributed by atoms with Crippen molar-refractivity contribution in [3.8, 4) is 0 Å². The molecule has 0 aliphatic heterocycles. The molecule has 0 radical (unpaired) electrons. The molecule has 5 nitrogen and oxygen atoms in total. The average molecular weight is 438 g/mol. The van der Waals surface area contributed by atoms with Crippen molar-refractivity contribution in [3.63, 3.8) is 0 Å². The highest BCUT2D eigenvalue weighted by atomic mass is 35.5. The fraction of sp³-hybridized carbons (Fsp3) is 0.250. The molecule has 0 atom stereocenters. The van der Waals surface area contributed by atoms with Gasteiger partial charge in [-0.1, -0.05) is 53.5 Å². The van der Waals surface area contributed by atoms with Crippen LogP contribution in [0.4, 0.5) is 0 Å². The van der Waals surface area contributed by atoms with Crippen molar-refractivity contribution >= 4 is 33.2 Å². The summed E-state index contributed by atoms with van der Waals surface area (Å²) in [6.45, 7) is 4.84. The van der Waals surface area contributed by atoms with Crippen molar-refractivity contribution in [3.05, 3.63) is 86.7 Å². The molecule has 0 bridgehead atoms. The Kier molecular flexibility index (Phi) is 6.45. The minimum absolute atomic E-state index is 0.157. The van der Waals surface area contributed by atoms with Gasteiger partial charge < -0.3 is 0 Å². The number of nitrogens with one attached hydrogen (secondary N) is 1. The highest BCUT2D eigenvalue weighted by Gasteiger charge is 2.13. The Balaban J connectivity index is 1.65. The summed E-state index contributed by atoms with van der Waals surface area (Å²) in [5.41, 5.74) is 4.60. The Morgan fingerprint density at radius 1 is 0.964 bits per heavy atom. The largest absolute Gasteiger partial charge is 0.265 e. The number of hydrogen-bond donors (Lipinski definition) is 1. The predicted octanol–water partition coefficient (Wildman–Crippen LogP) is 4.47. The summed E-state index contributed by atoms with van der Waals surface area (Å²) >= 11 is 11.8. The Hall–Kier alpha value is -1.86. The van der Waals surface area contributed by atoms with Crippen molar-refractivity contribution in [2.45, 2.75) is 32.7 Å². The second kappa shape index (κ2) is 8.66. The van der Waals surface area contributed by atoms with Gasteiger partial charge in [0.1, 0.15) is 0 Å². The maximum atomic E-state index is 12.4. The topological polar surface area (TPSA) is 64.0 Å². The summed E-state index contributed by atoms with van der Waals surface area (Å²) in [5, 5.41) is 5.20. The molecule has 148 valence electrons. The van der Waals surface area contributed by atoms with Gasteiger partial charge in [-0.25, -0.2) is 13.1 Å². The van der Waals surface area contributed by atoms with Gasteiger partial charge in [-0.15, -0.1) is 0 Å². The van der Waals surface area contributed by atoms with E-state index in [4.69, 9.17) is 23.2 Å². The maximum Gasteiger partial charge on any atom is 0.216 e. The van der Waals surface area contributed by atoms with Crippen LogP contribution in [0.15, 0.2) is 48.5 Å². The first-order valence-corrected chi connectivity index (χ1v) is 11.1. The molecule has 1 heterocycles. The first-order valence-electron chi connectivity index (χ1n) is 8.72. The number of aromatic nitrogens is 2. The van der Waals surface area contributed by atoms with E-state index in [1.165, 1.54) is 0 Å². The molecule has 0 spiro atoms. The van der Waals surface area contributed by atoms with Crippen molar-refractivity contribution < 1.29 is 8.42 Å². The van der Waals surface area contributed by atoms with Crippen LogP contribution in [0.25, 0.3) is 0 Å². The summed E-state index contributed by atoms with van der Waals surface area (Å²) in [5.74, 6) is -0.157. The standard InChI is InChI=1S/C20H21Cl2N3O2S/c1-14-8-15(2)25(24-14)12-17-5-3-4-16(9-17)11-23-28(26,27)13-18-6-7-19(21)20(22)10-18/h3-10,23H,11-13H2,1-2H3. The average Bonchev–Trinajstić information content (AvgIpc) is 2.94. The number of rotatable bonds is 7. The molecule has 0 aliphatic rings. The van der Waals surface area contributed by atoms with E-state index < -0.39 is 10.0 Å². The van der Waals surface area contributed by atoms with Gasteiger partial charge in [0, 0.05) is 12.2 Å². The molecule has 1 aromatic heterocycles. The zero-order chi connectivity index (χ0) is 20.3. The lowest BCUT2D eigenvalue weighted by Crippen LogP contribution is -2.24. The van der Waals surface area contributed by atoms with Gasteiger partial charge in [-0.05, 0) is 48.7 Å². The Morgan fingerprint density at radius 2 is 1.71 bits per heavy atom. The molecule has 1 N–H and O–H groups in total. The predicted molar refractivity (Wildman–Crippen MR) is 113 cm³/mol. The third kappa shape index (κ3) is 5.58. The second-order valence-corrected chi connectivity index (χ2v) is 9.35. The molecular formula is C20H21Cl2N3O2S. The van der Waals surface area contributed by atoms with Gasteiger partial charge in [0.25, 0.3) is 0 Å². The van der Waals surface area contributed by atoms with Crippen LogP contribution in [-0.2, 0) is 28.9 Å². The van der Waals surface area contributed by atoms with Crippen LogP contribution in [0.3, 0.4) is 0 Å². The number of nitrogens with zero attached hydrogens (tertiary/aromatic N) is 2. The second-order valence-electron chi connectivity index (χ2n) is 6.73. The van der Waals surface area contributed by atoms with Gasteiger partial charge >= 0.3 is 0 Å². The van der Waals surface area contributed by atoms with Gasteiger partial charge in [0.2, 0.25) is 10.0 Å². The maximum absolute atomic E-state index is 12.4. The van der Waals surface area contributed by atoms with E-state index in [1.807, 2.05) is 48.9 Å².